The van der Waals surface area contributed by atoms with Gasteiger partial charge >= 0.3 is 0 Å². The summed E-state index contributed by atoms with van der Waals surface area (Å²) in [6, 6.07) is 12.4. The van der Waals surface area contributed by atoms with Crippen molar-refractivity contribution in [3.8, 4) is 5.75 Å². The second kappa shape index (κ2) is 13.8. The van der Waals surface area contributed by atoms with Crippen LogP contribution >= 0.6 is 35.3 Å². The first-order valence-corrected chi connectivity index (χ1v) is 10.7. The Kier molecular flexibility index (Phi) is 11.4. The fourth-order valence-electron chi connectivity index (χ4n) is 3.06. The monoisotopic (exact) mass is 530 g/mol. The van der Waals surface area contributed by atoms with Crippen molar-refractivity contribution < 1.29 is 9.47 Å². The fourth-order valence-corrected chi connectivity index (χ4v) is 3.77. The average molecular weight is 530 g/mol. The lowest BCUT2D eigenvalue weighted by atomic mass is 10.2. The number of nitrogens with one attached hydrogen (secondary N) is 2. The highest BCUT2D eigenvalue weighted by atomic mass is 127. The highest BCUT2D eigenvalue weighted by Crippen LogP contribution is 2.17. The van der Waals surface area contributed by atoms with E-state index in [4.69, 9.17) is 9.47 Å². The van der Waals surface area contributed by atoms with E-state index in [1.165, 1.54) is 4.88 Å². The number of thiophene rings is 1. The lowest BCUT2D eigenvalue weighted by Gasteiger charge is -2.26. The number of morpholine rings is 1. The third-order valence-corrected chi connectivity index (χ3v) is 5.59. The minimum Gasteiger partial charge on any atom is -0.492 e. The van der Waals surface area contributed by atoms with Crippen LogP contribution in [0.5, 0.6) is 5.75 Å². The van der Waals surface area contributed by atoms with Crippen molar-refractivity contribution in [3.05, 3.63) is 52.2 Å². The molecule has 1 aromatic heterocycles. The summed E-state index contributed by atoms with van der Waals surface area (Å²) in [7, 11) is 1.80. The van der Waals surface area contributed by atoms with Crippen molar-refractivity contribution >= 4 is 41.3 Å². The summed E-state index contributed by atoms with van der Waals surface area (Å²) in [6.45, 7) is 6.75. The largest absolute Gasteiger partial charge is 0.492 e. The molecule has 6 nitrogen and oxygen atoms in total. The molecule has 0 radical (unpaired) electrons. The first-order chi connectivity index (χ1) is 13.8. The Balaban J connectivity index is 0.00000300. The van der Waals surface area contributed by atoms with Crippen LogP contribution in [0.15, 0.2) is 46.8 Å². The van der Waals surface area contributed by atoms with Crippen LogP contribution in [0.3, 0.4) is 0 Å². The van der Waals surface area contributed by atoms with E-state index in [0.717, 1.165) is 63.1 Å². The molecule has 0 spiro atoms. The zero-order chi connectivity index (χ0) is 19.4. The third-order valence-electron chi connectivity index (χ3n) is 4.66. The van der Waals surface area contributed by atoms with Gasteiger partial charge in [0.25, 0.3) is 0 Å². The summed E-state index contributed by atoms with van der Waals surface area (Å²) in [4.78, 5) is 8.07. The standard InChI is InChI=1S/C21H30N4O2S.HI/c1-22-21(23-9-8-19-6-4-16-28-19)24-17-18-5-2-3-7-20(18)27-15-12-25-10-13-26-14-11-25;/h2-7,16H,8-15,17H2,1H3,(H2,22,23,24);1H. The van der Waals surface area contributed by atoms with Gasteiger partial charge in [0.1, 0.15) is 12.4 Å². The highest BCUT2D eigenvalue weighted by Gasteiger charge is 2.10. The molecule has 160 valence electrons. The van der Waals surface area contributed by atoms with Gasteiger partial charge in [-0.25, -0.2) is 0 Å². The summed E-state index contributed by atoms with van der Waals surface area (Å²) < 4.78 is 11.4. The van der Waals surface area contributed by atoms with E-state index < -0.39 is 0 Å². The smallest absolute Gasteiger partial charge is 0.191 e. The molecule has 0 bridgehead atoms. The van der Waals surface area contributed by atoms with Crippen LogP contribution in [-0.2, 0) is 17.7 Å². The van der Waals surface area contributed by atoms with E-state index in [0.29, 0.717) is 13.2 Å². The maximum absolute atomic E-state index is 6.05. The van der Waals surface area contributed by atoms with Crippen molar-refractivity contribution in [2.24, 2.45) is 4.99 Å². The molecule has 1 aliphatic heterocycles. The Morgan fingerprint density at radius 3 is 2.76 bits per heavy atom. The zero-order valence-electron chi connectivity index (χ0n) is 16.9. The van der Waals surface area contributed by atoms with E-state index in [1.807, 2.05) is 18.2 Å². The Labute approximate surface area is 194 Å². The predicted octanol–water partition coefficient (Wildman–Crippen LogP) is 2.98. The van der Waals surface area contributed by atoms with Gasteiger partial charge in [0.2, 0.25) is 0 Å². The average Bonchev–Trinajstić information content (AvgIpc) is 3.26. The van der Waals surface area contributed by atoms with Crippen LogP contribution < -0.4 is 15.4 Å². The minimum atomic E-state index is 0. The highest BCUT2D eigenvalue weighted by molar-refractivity contribution is 14.0. The van der Waals surface area contributed by atoms with Gasteiger partial charge in [0.05, 0.1) is 13.2 Å². The van der Waals surface area contributed by atoms with Gasteiger partial charge in [-0.2, -0.15) is 0 Å². The number of guanidine groups is 1. The van der Waals surface area contributed by atoms with Crippen LogP contribution in [-0.4, -0.2) is 63.9 Å². The van der Waals surface area contributed by atoms with Crippen molar-refractivity contribution in [1.82, 2.24) is 15.5 Å². The molecule has 1 fully saturated rings. The van der Waals surface area contributed by atoms with Gasteiger partial charge in [-0.3, -0.25) is 9.89 Å². The molecule has 0 saturated carbocycles. The summed E-state index contributed by atoms with van der Waals surface area (Å²) in [5, 5.41) is 8.86. The lowest BCUT2D eigenvalue weighted by Crippen LogP contribution is -2.39. The summed E-state index contributed by atoms with van der Waals surface area (Å²) in [5.41, 5.74) is 1.13. The number of hydrogen-bond donors (Lipinski definition) is 2. The Bertz CT molecular complexity index is 721. The van der Waals surface area contributed by atoms with E-state index in [1.54, 1.807) is 18.4 Å². The molecule has 1 aromatic carbocycles. The molecule has 0 atom stereocenters. The minimum absolute atomic E-state index is 0. The number of nitrogens with zero attached hydrogens (tertiary/aromatic N) is 2. The van der Waals surface area contributed by atoms with Gasteiger partial charge in [-0.05, 0) is 23.9 Å². The van der Waals surface area contributed by atoms with Crippen LogP contribution in [0.4, 0.5) is 0 Å². The van der Waals surface area contributed by atoms with Crippen LogP contribution in [0, 0.1) is 0 Å². The molecule has 0 unspecified atom stereocenters. The van der Waals surface area contributed by atoms with Crippen molar-refractivity contribution in [1.29, 1.82) is 0 Å². The number of halogens is 1. The zero-order valence-corrected chi connectivity index (χ0v) is 20.1. The van der Waals surface area contributed by atoms with Crippen molar-refractivity contribution in [2.45, 2.75) is 13.0 Å². The van der Waals surface area contributed by atoms with Crippen molar-refractivity contribution in [2.75, 3.05) is 53.0 Å². The van der Waals surface area contributed by atoms with Crippen LogP contribution in [0.25, 0.3) is 0 Å². The summed E-state index contributed by atoms with van der Waals surface area (Å²) >= 11 is 1.78. The van der Waals surface area contributed by atoms with Gasteiger partial charge in [-0.15, -0.1) is 35.3 Å². The molecule has 2 aromatic rings. The van der Waals surface area contributed by atoms with E-state index in [9.17, 15) is 0 Å². The normalized spacial score (nSPS) is 14.9. The molecule has 2 heterocycles. The van der Waals surface area contributed by atoms with Gasteiger partial charge in [-0.1, -0.05) is 24.3 Å². The molecule has 1 saturated heterocycles. The molecule has 29 heavy (non-hydrogen) atoms. The SMILES string of the molecule is CN=C(NCCc1cccs1)NCc1ccccc1OCCN1CCOCC1.I. The maximum Gasteiger partial charge on any atom is 0.191 e. The molecule has 0 amide bonds. The predicted molar refractivity (Wildman–Crippen MR) is 131 cm³/mol. The van der Waals surface area contributed by atoms with Gasteiger partial charge < -0.3 is 20.1 Å². The molecule has 1 aliphatic rings. The van der Waals surface area contributed by atoms with Gasteiger partial charge in [0, 0.05) is 50.2 Å². The topological polar surface area (TPSA) is 58.1 Å². The van der Waals surface area contributed by atoms with Gasteiger partial charge in [0.15, 0.2) is 5.96 Å². The number of ether oxygens (including phenoxy) is 2. The molecule has 0 aliphatic carbocycles. The molecular formula is C21H31IN4O2S. The Morgan fingerprint density at radius 1 is 1.17 bits per heavy atom. The summed E-state index contributed by atoms with van der Waals surface area (Å²) in [5.74, 6) is 1.73. The lowest BCUT2D eigenvalue weighted by molar-refractivity contribution is 0.0322. The molecule has 3 rings (SSSR count). The first-order valence-electron chi connectivity index (χ1n) is 9.83. The third kappa shape index (κ3) is 8.49. The second-order valence-electron chi connectivity index (χ2n) is 6.59. The first kappa shape index (κ1) is 23.9. The Morgan fingerprint density at radius 2 is 2.00 bits per heavy atom. The van der Waals surface area contributed by atoms with E-state index in [-0.39, 0.29) is 24.0 Å². The van der Waals surface area contributed by atoms with Crippen molar-refractivity contribution in [3.63, 3.8) is 0 Å². The van der Waals surface area contributed by atoms with Crippen LogP contribution in [0.1, 0.15) is 10.4 Å². The Hall–Kier alpha value is -1.36. The molecular weight excluding hydrogens is 499 g/mol. The second-order valence-corrected chi connectivity index (χ2v) is 7.62. The van der Waals surface area contributed by atoms with E-state index in [2.05, 4.69) is 44.1 Å². The van der Waals surface area contributed by atoms with E-state index >= 15 is 0 Å². The number of hydrogen-bond acceptors (Lipinski definition) is 5. The molecule has 2 N–H and O–H groups in total. The summed E-state index contributed by atoms with van der Waals surface area (Å²) in [6.07, 6.45) is 1.000. The van der Waals surface area contributed by atoms with Crippen LogP contribution in [0.2, 0.25) is 0 Å². The number of benzene rings is 1. The quantitative estimate of drug-likeness (QED) is 0.297. The number of para-hydroxylation sites is 1. The number of rotatable bonds is 9. The molecule has 8 heteroatoms. The number of aliphatic imine (C=N–C) groups is 1. The maximum atomic E-state index is 6.05. The fraction of sp³-hybridized carbons (Fsp3) is 0.476.